The Morgan fingerprint density at radius 3 is 2.60 bits per heavy atom. The van der Waals surface area contributed by atoms with Gasteiger partial charge in [0, 0.05) is 10.1 Å². The highest BCUT2D eigenvalue weighted by molar-refractivity contribution is 7.21. The molecular formula is C18H15ClN2O3S. The van der Waals surface area contributed by atoms with Crippen LogP contribution in [0.2, 0.25) is 5.02 Å². The molecule has 0 aliphatic carbocycles. The first-order valence-electron chi connectivity index (χ1n) is 7.47. The smallest absolute Gasteiger partial charge is 0.281 e. The molecule has 0 radical (unpaired) electrons. The topological polar surface area (TPSA) is 67.4 Å². The van der Waals surface area contributed by atoms with Crippen LogP contribution < -0.4 is 15.6 Å². The first kappa shape index (κ1) is 17.3. The van der Waals surface area contributed by atoms with Crippen LogP contribution in [0, 0.1) is 0 Å². The largest absolute Gasteiger partial charge is 0.497 e. The fourth-order valence-electron chi connectivity index (χ4n) is 2.33. The maximum Gasteiger partial charge on any atom is 0.281 e. The predicted molar refractivity (Wildman–Crippen MR) is 99.1 cm³/mol. The van der Waals surface area contributed by atoms with Crippen molar-refractivity contribution in [2.45, 2.75) is 6.42 Å². The number of carbonyl (C=O) groups excluding carboxylic acids is 2. The van der Waals surface area contributed by atoms with E-state index >= 15 is 0 Å². The zero-order chi connectivity index (χ0) is 17.8. The Labute approximate surface area is 153 Å². The van der Waals surface area contributed by atoms with Crippen molar-refractivity contribution < 1.29 is 14.3 Å². The highest BCUT2D eigenvalue weighted by Gasteiger charge is 2.18. The van der Waals surface area contributed by atoms with Crippen molar-refractivity contribution in [1.82, 2.24) is 10.9 Å². The third-order valence-corrected chi connectivity index (χ3v) is 5.22. The molecule has 2 amide bonds. The number of amides is 2. The van der Waals surface area contributed by atoms with Gasteiger partial charge in [-0.2, -0.15) is 0 Å². The van der Waals surface area contributed by atoms with Gasteiger partial charge >= 0.3 is 0 Å². The summed E-state index contributed by atoms with van der Waals surface area (Å²) in [7, 11) is 1.58. The third-order valence-electron chi connectivity index (χ3n) is 3.57. The second kappa shape index (κ2) is 7.55. The summed E-state index contributed by atoms with van der Waals surface area (Å²) in [6.45, 7) is 0. The molecule has 3 aromatic rings. The molecule has 0 bridgehead atoms. The Morgan fingerprint density at radius 2 is 1.88 bits per heavy atom. The Balaban J connectivity index is 1.68. The van der Waals surface area contributed by atoms with Crippen molar-refractivity contribution in [3.05, 3.63) is 64.0 Å². The van der Waals surface area contributed by atoms with Crippen LogP contribution in [0.25, 0.3) is 10.1 Å². The molecule has 0 fully saturated rings. The van der Waals surface area contributed by atoms with Gasteiger partial charge in [0.1, 0.15) is 10.6 Å². The molecular weight excluding hydrogens is 360 g/mol. The highest BCUT2D eigenvalue weighted by atomic mass is 35.5. The number of methoxy groups -OCH3 is 1. The van der Waals surface area contributed by atoms with Gasteiger partial charge in [-0.25, -0.2) is 0 Å². The fourth-order valence-corrected chi connectivity index (χ4v) is 3.77. The minimum Gasteiger partial charge on any atom is -0.497 e. The molecule has 3 rings (SSSR count). The maximum atomic E-state index is 12.3. The van der Waals surface area contributed by atoms with Gasteiger partial charge in [-0.05, 0) is 23.8 Å². The second-order valence-electron chi connectivity index (χ2n) is 5.27. The van der Waals surface area contributed by atoms with Crippen LogP contribution >= 0.6 is 22.9 Å². The van der Waals surface area contributed by atoms with E-state index in [1.807, 2.05) is 36.4 Å². The SMILES string of the molecule is COc1ccc2c(Cl)c(C(=O)NNC(=O)Cc3ccccc3)sc2c1. The number of carbonyl (C=O) groups is 2. The molecule has 0 spiro atoms. The minimum atomic E-state index is -0.452. The van der Waals surface area contributed by atoms with Crippen LogP contribution in [-0.2, 0) is 11.2 Å². The second-order valence-corrected chi connectivity index (χ2v) is 6.70. The Morgan fingerprint density at radius 1 is 1.12 bits per heavy atom. The van der Waals surface area contributed by atoms with Gasteiger partial charge in [0.2, 0.25) is 5.91 Å². The first-order valence-corrected chi connectivity index (χ1v) is 8.67. The van der Waals surface area contributed by atoms with Crippen molar-refractivity contribution in [2.24, 2.45) is 0 Å². The van der Waals surface area contributed by atoms with Crippen molar-refractivity contribution >= 4 is 44.8 Å². The number of hydrogen-bond donors (Lipinski definition) is 2. The number of thiophene rings is 1. The van der Waals surface area contributed by atoms with E-state index in [1.54, 1.807) is 19.2 Å². The Bertz CT molecular complexity index is 925. The van der Waals surface area contributed by atoms with Crippen molar-refractivity contribution in [2.75, 3.05) is 7.11 Å². The molecule has 7 heteroatoms. The Kier molecular flexibility index (Phi) is 5.21. The lowest BCUT2D eigenvalue weighted by atomic mass is 10.1. The molecule has 2 N–H and O–H groups in total. The molecule has 1 aromatic heterocycles. The number of ether oxygens (including phenoxy) is 1. The molecule has 0 saturated heterocycles. The lowest BCUT2D eigenvalue weighted by Gasteiger charge is -2.06. The average molecular weight is 375 g/mol. The molecule has 0 aliphatic rings. The predicted octanol–water partition coefficient (Wildman–Crippen LogP) is 3.57. The lowest BCUT2D eigenvalue weighted by molar-refractivity contribution is -0.121. The van der Waals surface area contributed by atoms with Gasteiger partial charge in [-0.1, -0.05) is 41.9 Å². The van der Waals surface area contributed by atoms with E-state index in [2.05, 4.69) is 10.9 Å². The number of benzene rings is 2. The number of hydrogen-bond acceptors (Lipinski definition) is 4. The van der Waals surface area contributed by atoms with E-state index in [0.717, 1.165) is 15.6 Å². The number of rotatable bonds is 4. The van der Waals surface area contributed by atoms with Gasteiger partial charge < -0.3 is 4.74 Å². The molecule has 2 aromatic carbocycles. The van der Waals surface area contributed by atoms with Gasteiger partial charge in [0.25, 0.3) is 5.91 Å². The molecule has 1 heterocycles. The van der Waals surface area contributed by atoms with E-state index in [0.29, 0.717) is 15.6 Å². The van der Waals surface area contributed by atoms with E-state index in [-0.39, 0.29) is 12.3 Å². The summed E-state index contributed by atoms with van der Waals surface area (Å²) in [6, 6.07) is 14.7. The fraction of sp³-hybridized carbons (Fsp3) is 0.111. The average Bonchev–Trinajstić information content (AvgIpc) is 2.96. The monoisotopic (exact) mass is 374 g/mol. The van der Waals surface area contributed by atoms with E-state index < -0.39 is 5.91 Å². The first-order chi connectivity index (χ1) is 12.1. The zero-order valence-corrected chi connectivity index (χ0v) is 14.9. The van der Waals surface area contributed by atoms with E-state index in [4.69, 9.17) is 16.3 Å². The Hall–Kier alpha value is -2.57. The summed E-state index contributed by atoms with van der Waals surface area (Å²) in [4.78, 5) is 24.6. The van der Waals surface area contributed by atoms with Crippen LogP contribution in [0.4, 0.5) is 0 Å². The van der Waals surface area contributed by atoms with E-state index in [9.17, 15) is 9.59 Å². The van der Waals surface area contributed by atoms with Gasteiger partial charge in [0.15, 0.2) is 0 Å². The maximum absolute atomic E-state index is 12.3. The van der Waals surface area contributed by atoms with Crippen molar-refractivity contribution in [3.63, 3.8) is 0 Å². The van der Waals surface area contributed by atoms with Crippen LogP contribution in [0.1, 0.15) is 15.2 Å². The normalized spacial score (nSPS) is 10.5. The lowest BCUT2D eigenvalue weighted by Crippen LogP contribution is -2.42. The molecule has 128 valence electrons. The third kappa shape index (κ3) is 3.92. The molecule has 0 saturated carbocycles. The molecule has 25 heavy (non-hydrogen) atoms. The molecule has 0 atom stereocenters. The van der Waals surface area contributed by atoms with E-state index in [1.165, 1.54) is 11.3 Å². The number of nitrogens with one attached hydrogen (secondary N) is 2. The highest BCUT2D eigenvalue weighted by Crippen LogP contribution is 2.37. The summed E-state index contributed by atoms with van der Waals surface area (Å²) in [5.41, 5.74) is 5.68. The summed E-state index contributed by atoms with van der Waals surface area (Å²) in [6.07, 6.45) is 0.179. The van der Waals surface area contributed by atoms with Crippen LogP contribution in [0.3, 0.4) is 0 Å². The molecule has 0 unspecified atom stereocenters. The number of halogens is 1. The summed E-state index contributed by atoms with van der Waals surface area (Å²) in [5, 5.41) is 1.13. The van der Waals surface area contributed by atoms with Gasteiger partial charge in [-0.15, -0.1) is 11.3 Å². The molecule has 0 aliphatic heterocycles. The summed E-state index contributed by atoms with van der Waals surface area (Å²) < 4.78 is 6.01. The number of hydrazine groups is 1. The van der Waals surface area contributed by atoms with Crippen LogP contribution in [-0.4, -0.2) is 18.9 Å². The molecule has 5 nitrogen and oxygen atoms in total. The van der Waals surface area contributed by atoms with Crippen molar-refractivity contribution in [3.8, 4) is 5.75 Å². The summed E-state index contributed by atoms with van der Waals surface area (Å²) >= 11 is 7.53. The number of fused-ring (bicyclic) bond motifs is 1. The summed E-state index contributed by atoms with van der Waals surface area (Å²) in [5.74, 6) is -0.0708. The van der Waals surface area contributed by atoms with Gasteiger partial charge in [-0.3, -0.25) is 20.4 Å². The quantitative estimate of drug-likeness (QED) is 0.686. The van der Waals surface area contributed by atoms with Crippen molar-refractivity contribution in [1.29, 1.82) is 0 Å². The van der Waals surface area contributed by atoms with Gasteiger partial charge in [0.05, 0.1) is 18.6 Å². The zero-order valence-electron chi connectivity index (χ0n) is 13.3. The standard InChI is InChI=1S/C18H15ClN2O3S/c1-24-12-7-8-13-14(10-12)25-17(16(13)19)18(23)21-20-15(22)9-11-5-3-2-4-6-11/h2-8,10H,9H2,1H3,(H,20,22)(H,21,23). The van der Waals surface area contributed by atoms with Crippen LogP contribution in [0.5, 0.6) is 5.75 Å². The minimum absolute atomic E-state index is 0.179. The van der Waals surface area contributed by atoms with Crippen LogP contribution in [0.15, 0.2) is 48.5 Å².